The van der Waals surface area contributed by atoms with Crippen LogP contribution in [-0.2, 0) is 16.9 Å². The lowest BCUT2D eigenvalue weighted by Crippen LogP contribution is -2.28. The van der Waals surface area contributed by atoms with Gasteiger partial charge in [0.05, 0.1) is 5.56 Å². The Labute approximate surface area is 111 Å². The summed E-state index contributed by atoms with van der Waals surface area (Å²) in [6.45, 7) is 2.00. The van der Waals surface area contributed by atoms with E-state index in [-0.39, 0.29) is 6.42 Å². The number of benzene rings is 2. The van der Waals surface area contributed by atoms with E-state index < -0.39 is 11.8 Å². The lowest BCUT2D eigenvalue weighted by atomic mass is 9.96. The highest BCUT2D eigenvalue weighted by molar-refractivity contribution is 5.94. The maximum absolute atomic E-state index is 11.7. The Hall–Kier alpha value is -2.13. The molecule has 0 saturated carbocycles. The first-order valence-corrected chi connectivity index (χ1v) is 6.19. The van der Waals surface area contributed by atoms with Crippen LogP contribution < -0.4 is 0 Å². The Balaban J connectivity index is 1.97. The minimum Gasteiger partial charge on any atom is -0.425 e. The van der Waals surface area contributed by atoms with Crippen molar-refractivity contribution in [2.75, 3.05) is 0 Å². The van der Waals surface area contributed by atoms with Crippen LogP contribution in [0.2, 0.25) is 0 Å². The molecule has 0 fully saturated rings. The highest BCUT2D eigenvalue weighted by Crippen LogP contribution is 2.36. The molecule has 1 aliphatic rings. The van der Waals surface area contributed by atoms with Crippen LogP contribution in [0.15, 0.2) is 48.5 Å². The maximum atomic E-state index is 11.7. The molecule has 96 valence electrons. The third kappa shape index (κ3) is 2.02. The van der Waals surface area contributed by atoms with Gasteiger partial charge in [0.1, 0.15) is 0 Å². The number of esters is 1. The van der Waals surface area contributed by atoms with E-state index in [1.165, 1.54) is 0 Å². The van der Waals surface area contributed by atoms with Gasteiger partial charge in [0.25, 0.3) is 0 Å². The molecule has 1 N–H and O–H groups in total. The van der Waals surface area contributed by atoms with Crippen LogP contribution in [0.3, 0.4) is 0 Å². The molecule has 3 heteroatoms. The van der Waals surface area contributed by atoms with Gasteiger partial charge in [-0.1, -0.05) is 48.0 Å². The van der Waals surface area contributed by atoms with E-state index in [0.717, 1.165) is 11.1 Å². The van der Waals surface area contributed by atoms with Gasteiger partial charge in [0.15, 0.2) is 0 Å². The van der Waals surface area contributed by atoms with Crippen molar-refractivity contribution in [3.63, 3.8) is 0 Å². The molecule has 0 radical (unpaired) electrons. The molecule has 1 aliphatic heterocycles. The average Bonchev–Trinajstić information content (AvgIpc) is 2.65. The van der Waals surface area contributed by atoms with Crippen molar-refractivity contribution in [3.05, 3.63) is 70.8 Å². The van der Waals surface area contributed by atoms with Crippen LogP contribution in [-0.4, -0.2) is 11.1 Å². The molecule has 19 heavy (non-hydrogen) atoms. The molecule has 3 nitrogen and oxygen atoms in total. The molecule has 0 amide bonds. The van der Waals surface area contributed by atoms with Gasteiger partial charge in [-0.2, -0.15) is 0 Å². The van der Waals surface area contributed by atoms with Crippen molar-refractivity contribution in [3.8, 4) is 0 Å². The normalized spacial score (nSPS) is 21.1. The largest absolute Gasteiger partial charge is 0.425 e. The van der Waals surface area contributed by atoms with Crippen LogP contribution in [0.25, 0.3) is 0 Å². The van der Waals surface area contributed by atoms with Gasteiger partial charge >= 0.3 is 5.97 Å². The number of hydrogen-bond donors (Lipinski definition) is 1. The summed E-state index contributed by atoms with van der Waals surface area (Å²) in [5.41, 5.74) is 3.06. The summed E-state index contributed by atoms with van der Waals surface area (Å²) in [7, 11) is 0. The Morgan fingerprint density at radius 2 is 1.79 bits per heavy atom. The molecule has 1 atom stereocenters. The maximum Gasteiger partial charge on any atom is 0.341 e. The topological polar surface area (TPSA) is 46.5 Å². The Morgan fingerprint density at radius 1 is 1.11 bits per heavy atom. The lowest BCUT2D eigenvalue weighted by molar-refractivity contribution is -0.161. The van der Waals surface area contributed by atoms with Gasteiger partial charge in [-0.3, -0.25) is 0 Å². The summed E-state index contributed by atoms with van der Waals surface area (Å²) >= 11 is 0. The van der Waals surface area contributed by atoms with Gasteiger partial charge in [0.2, 0.25) is 5.79 Å². The van der Waals surface area contributed by atoms with E-state index in [1.54, 1.807) is 24.3 Å². The van der Waals surface area contributed by atoms with Crippen LogP contribution in [0.5, 0.6) is 0 Å². The number of carbonyl (C=O) groups is 1. The third-order valence-electron chi connectivity index (χ3n) is 3.39. The standard InChI is InChI=1S/C16H14O3/c1-11-6-8-12(9-7-11)10-16(18)14-5-3-2-4-13(14)15(17)19-16/h2-9,18H,10H2,1H3. The molecule has 2 aromatic rings. The van der Waals surface area contributed by atoms with Crippen LogP contribution in [0, 0.1) is 6.92 Å². The first-order chi connectivity index (χ1) is 9.08. The Kier molecular flexibility index (Phi) is 2.64. The van der Waals surface area contributed by atoms with Crippen LogP contribution >= 0.6 is 0 Å². The number of rotatable bonds is 2. The average molecular weight is 254 g/mol. The quantitative estimate of drug-likeness (QED) is 0.838. The second kappa shape index (κ2) is 4.21. The molecule has 1 unspecified atom stereocenters. The molecule has 1 heterocycles. The fourth-order valence-electron chi connectivity index (χ4n) is 2.38. The molecule has 0 bridgehead atoms. The van der Waals surface area contributed by atoms with Crippen molar-refractivity contribution < 1.29 is 14.6 Å². The van der Waals surface area contributed by atoms with E-state index in [0.29, 0.717) is 11.1 Å². The minimum absolute atomic E-state index is 0.260. The Morgan fingerprint density at radius 3 is 2.53 bits per heavy atom. The summed E-state index contributed by atoms with van der Waals surface area (Å²) in [4.78, 5) is 11.7. The van der Waals surface area contributed by atoms with Crippen molar-refractivity contribution in [2.24, 2.45) is 0 Å². The summed E-state index contributed by atoms with van der Waals surface area (Å²) in [6, 6.07) is 14.8. The molecule has 0 saturated heterocycles. The van der Waals surface area contributed by atoms with Gasteiger partial charge in [-0.05, 0) is 18.6 Å². The molecule has 0 spiro atoms. The van der Waals surface area contributed by atoms with Crippen LogP contribution in [0.1, 0.15) is 27.0 Å². The van der Waals surface area contributed by atoms with Gasteiger partial charge in [-0.25, -0.2) is 4.79 Å². The number of aryl methyl sites for hydroxylation is 1. The van der Waals surface area contributed by atoms with Crippen molar-refractivity contribution in [1.29, 1.82) is 0 Å². The van der Waals surface area contributed by atoms with E-state index in [9.17, 15) is 9.90 Å². The molecule has 2 aromatic carbocycles. The molecular formula is C16H14O3. The van der Waals surface area contributed by atoms with E-state index in [2.05, 4.69) is 0 Å². The molecule has 3 rings (SSSR count). The molecular weight excluding hydrogens is 240 g/mol. The second-order valence-corrected chi connectivity index (χ2v) is 4.88. The highest BCUT2D eigenvalue weighted by Gasteiger charge is 2.43. The van der Waals surface area contributed by atoms with Crippen molar-refractivity contribution in [1.82, 2.24) is 0 Å². The first-order valence-electron chi connectivity index (χ1n) is 6.19. The zero-order valence-electron chi connectivity index (χ0n) is 10.6. The number of cyclic esters (lactones) is 1. The first kappa shape index (κ1) is 11.9. The van der Waals surface area contributed by atoms with E-state index in [1.807, 2.05) is 31.2 Å². The second-order valence-electron chi connectivity index (χ2n) is 4.88. The third-order valence-corrected chi connectivity index (χ3v) is 3.39. The summed E-state index contributed by atoms with van der Waals surface area (Å²) < 4.78 is 5.17. The molecule has 0 aliphatic carbocycles. The Bertz CT molecular complexity index is 631. The van der Waals surface area contributed by atoms with E-state index >= 15 is 0 Å². The van der Waals surface area contributed by atoms with Crippen molar-refractivity contribution in [2.45, 2.75) is 19.1 Å². The fraction of sp³-hybridized carbons (Fsp3) is 0.188. The van der Waals surface area contributed by atoms with Gasteiger partial charge < -0.3 is 9.84 Å². The van der Waals surface area contributed by atoms with Crippen molar-refractivity contribution >= 4 is 5.97 Å². The van der Waals surface area contributed by atoms with Gasteiger partial charge in [-0.15, -0.1) is 0 Å². The monoisotopic (exact) mass is 254 g/mol. The predicted molar refractivity (Wildman–Crippen MR) is 70.6 cm³/mol. The lowest BCUT2D eigenvalue weighted by Gasteiger charge is -2.22. The predicted octanol–water partition coefficient (Wildman–Crippen LogP) is 2.55. The summed E-state index contributed by atoms with van der Waals surface area (Å²) in [5, 5.41) is 10.6. The number of fused-ring (bicyclic) bond motifs is 1. The minimum atomic E-state index is -1.55. The zero-order valence-corrected chi connectivity index (χ0v) is 10.6. The van der Waals surface area contributed by atoms with E-state index in [4.69, 9.17) is 4.74 Å². The van der Waals surface area contributed by atoms with Gasteiger partial charge in [0, 0.05) is 12.0 Å². The highest BCUT2D eigenvalue weighted by atomic mass is 16.7. The number of carbonyl (C=O) groups excluding carboxylic acids is 1. The zero-order chi connectivity index (χ0) is 13.5. The van der Waals surface area contributed by atoms with Crippen LogP contribution in [0.4, 0.5) is 0 Å². The molecule has 0 aromatic heterocycles. The smallest absolute Gasteiger partial charge is 0.341 e. The number of aliphatic hydroxyl groups is 1. The summed E-state index contributed by atoms with van der Waals surface area (Å²) in [5.74, 6) is -2.02. The number of ether oxygens (including phenoxy) is 1. The fourth-order valence-corrected chi connectivity index (χ4v) is 2.38. The summed E-state index contributed by atoms with van der Waals surface area (Å²) in [6.07, 6.45) is 0.260. The SMILES string of the molecule is Cc1ccc(CC2(O)OC(=O)c3ccccc32)cc1. The number of hydrogen-bond acceptors (Lipinski definition) is 3.